The van der Waals surface area contributed by atoms with Gasteiger partial charge in [-0.1, -0.05) is 48.5 Å². The van der Waals surface area contributed by atoms with Gasteiger partial charge in [-0.3, -0.25) is 10.1 Å². The van der Waals surface area contributed by atoms with Crippen molar-refractivity contribution in [3.63, 3.8) is 0 Å². The lowest BCUT2D eigenvalue weighted by molar-refractivity contribution is -0.123. The van der Waals surface area contributed by atoms with Gasteiger partial charge in [0.05, 0.1) is 5.69 Å². The quantitative estimate of drug-likeness (QED) is 0.671. The Balaban J connectivity index is 1.90. The molecule has 3 N–H and O–H groups in total. The van der Waals surface area contributed by atoms with E-state index in [2.05, 4.69) is 5.10 Å². The number of imide groups is 1. The number of ether oxygens (including phenoxy) is 1. The molecule has 3 aromatic rings. The summed E-state index contributed by atoms with van der Waals surface area (Å²) in [5.74, 6) is -1.55. The van der Waals surface area contributed by atoms with Crippen LogP contribution in [0.2, 0.25) is 0 Å². The van der Waals surface area contributed by atoms with Crippen molar-refractivity contribution in [1.82, 2.24) is 15.1 Å². The van der Waals surface area contributed by atoms with Crippen molar-refractivity contribution in [2.75, 3.05) is 6.61 Å². The van der Waals surface area contributed by atoms with Crippen LogP contribution in [0.4, 0.5) is 4.79 Å². The van der Waals surface area contributed by atoms with E-state index < -0.39 is 24.5 Å². The largest absolute Gasteiger partial charge is 0.452 e. The average Bonchev–Trinajstić information content (AvgIpc) is 3.12. The van der Waals surface area contributed by atoms with E-state index in [1.165, 1.54) is 6.20 Å². The van der Waals surface area contributed by atoms with Gasteiger partial charge in [-0.15, -0.1) is 0 Å². The predicted octanol–water partition coefficient (Wildman–Crippen LogP) is 1.89. The number of carbonyl (C=O) groups excluding carboxylic acids is 3. The molecule has 0 atom stereocenters. The van der Waals surface area contributed by atoms with Crippen LogP contribution >= 0.6 is 0 Å². The van der Waals surface area contributed by atoms with E-state index >= 15 is 0 Å². The summed E-state index contributed by atoms with van der Waals surface area (Å²) in [6.45, 7) is -0.632. The van der Waals surface area contributed by atoms with Gasteiger partial charge >= 0.3 is 12.0 Å². The molecule has 0 saturated carbocycles. The maximum absolute atomic E-state index is 12.5. The molecule has 1 heterocycles. The van der Waals surface area contributed by atoms with Crippen molar-refractivity contribution >= 4 is 17.9 Å². The Morgan fingerprint density at radius 3 is 2.26 bits per heavy atom. The minimum absolute atomic E-state index is 0.192. The number of urea groups is 1. The summed E-state index contributed by atoms with van der Waals surface area (Å²) in [6, 6.07) is 17.4. The van der Waals surface area contributed by atoms with Crippen molar-refractivity contribution < 1.29 is 19.1 Å². The Morgan fingerprint density at radius 1 is 1.00 bits per heavy atom. The van der Waals surface area contributed by atoms with E-state index in [0.29, 0.717) is 5.69 Å². The first-order chi connectivity index (χ1) is 13.0. The second kappa shape index (κ2) is 7.96. The van der Waals surface area contributed by atoms with Crippen LogP contribution < -0.4 is 11.1 Å². The number of amides is 3. The molecule has 0 spiro atoms. The smallest absolute Gasteiger partial charge is 0.342 e. The number of esters is 1. The van der Waals surface area contributed by atoms with Gasteiger partial charge in [0, 0.05) is 11.8 Å². The number of hydrogen-bond donors (Lipinski definition) is 2. The molecule has 27 heavy (non-hydrogen) atoms. The second-order valence-electron chi connectivity index (χ2n) is 5.53. The Morgan fingerprint density at radius 2 is 1.63 bits per heavy atom. The fourth-order valence-electron chi connectivity index (χ4n) is 2.43. The number of rotatable bonds is 5. The van der Waals surface area contributed by atoms with E-state index in [4.69, 9.17) is 10.5 Å². The molecule has 0 fully saturated rings. The molecule has 0 radical (unpaired) electrons. The molecule has 8 nitrogen and oxygen atoms in total. The Hall–Kier alpha value is -3.94. The van der Waals surface area contributed by atoms with E-state index in [1.54, 1.807) is 4.68 Å². The molecule has 1 aromatic heterocycles. The molecule has 0 aliphatic rings. The lowest BCUT2D eigenvalue weighted by atomic mass is 10.1. The summed E-state index contributed by atoms with van der Waals surface area (Å²) < 4.78 is 6.55. The molecule has 136 valence electrons. The standard InChI is InChI=1S/C19H16N4O4/c20-19(26)21-16(24)12-27-18(25)15-11-23(14-9-5-2-6-10-14)22-17(15)13-7-3-1-4-8-13/h1-11H,12H2,(H3,20,21,24,26). The summed E-state index contributed by atoms with van der Waals surface area (Å²) in [5, 5.41) is 6.32. The van der Waals surface area contributed by atoms with Gasteiger partial charge in [0.1, 0.15) is 11.3 Å². The van der Waals surface area contributed by atoms with Crippen molar-refractivity contribution in [2.24, 2.45) is 5.73 Å². The summed E-state index contributed by atoms with van der Waals surface area (Å²) in [5.41, 5.74) is 6.95. The van der Waals surface area contributed by atoms with E-state index in [9.17, 15) is 14.4 Å². The zero-order chi connectivity index (χ0) is 19.2. The molecule has 0 aliphatic carbocycles. The Bertz CT molecular complexity index is 968. The first kappa shape index (κ1) is 17.9. The lowest BCUT2D eigenvalue weighted by Gasteiger charge is -2.04. The number of para-hydroxylation sites is 1. The summed E-state index contributed by atoms with van der Waals surface area (Å²) in [7, 11) is 0. The summed E-state index contributed by atoms with van der Waals surface area (Å²) in [6.07, 6.45) is 1.53. The van der Waals surface area contributed by atoms with Crippen LogP contribution in [-0.4, -0.2) is 34.3 Å². The Labute approximate surface area is 154 Å². The number of nitrogens with two attached hydrogens (primary N) is 1. The lowest BCUT2D eigenvalue weighted by Crippen LogP contribution is -2.37. The Kier molecular flexibility index (Phi) is 5.27. The minimum Gasteiger partial charge on any atom is -0.452 e. The fourth-order valence-corrected chi connectivity index (χ4v) is 2.43. The van der Waals surface area contributed by atoms with Gasteiger partial charge in [-0.25, -0.2) is 14.3 Å². The van der Waals surface area contributed by atoms with Crippen LogP contribution in [0.15, 0.2) is 66.9 Å². The summed E-state index contributed by atoms with van der Waals surface area (Å²) in [4.78, 5) is 34.6. The predicted molar refractivity (Wildman–Crippen MR) is 97.0 cm³/mol. The highest BCUT2D eigenvalue weighted by molar-refractivity contribution is 5.99. The van der Waals surface area contributed by atoms with Crippen LogP contribution in [0.1, 0.15) is 10.4 Å². The normalized spacial score (nSPS) is 10.2. The average molecular weight is 364 g/mol. The van der Waals surface area contributed by atoms with Gasteiger partial charge in [0.25, 0.3) is 5.91 Å². The topological polar surface area (TPSA) is 116 Å². The maximum Gasteiger partial charge on any atom is 0.342 e. The highest BCUT2D eigenvalue weighted by Crippen LogP contribution is 2.24. The van der Waals surface area contributed by atoms with E-state index in [0.717, 1.165) is 11.3 Å². The third kappa shape index (κ3) is 4.37. The first-order valence-corrected chi connectivity index (χ1v) is 8.01. The maximum atomic E-state index is 12.5. The van der Waals surface area contributed by atoms with Crippen LogP contribution in [-0.2, 0) is 9.53 Å². The third-order valence-electron chi connectivity index (χ3n) is 3.60. The van der Waals surface area contributed by atoms with Crippen molar-refractivity contribution in [3.8, 4) is 16.9 Å². The second-order valence-corrected chi connectivity index (χ2v) is 5.53. The number of benzene rings is 2. The monoisotopic (exact) mass is 364 g/mol. The van der Waals surface area contributed by atoms with Gasteiger partial charge in [-0.05, 0) is 12.1 Å². The number of nitrogens with zero attached hydrogens (tertiary/aromatic N) is 2. The number of carbonyl (C=O) groups is 3. The zero-order valence-corrected chi connectivity index (χ0v) is 14.2. The van der Waals surface area contributed by atoms with Crippen LogP contribution in [0.25, 0.3) is 16.9 Å². The molecular weight excluding hydrogens is 348 g/mol. The van der Waals surface area contributed by atoms with Crippen LogP contribution in [0.3, 0.4) is 0 Å². The molecule has 3 rings (SSSR count). The van der Waals surface area contributed by atoms with Crippen LogP contribution in [0.5, 0.6) is 0 Å². The zero-order valence-electron chi connectivity index (χ0n) is 14.2. The molecule has 0 aliphatic heterocycles. The minimum atomic E-state index is -1.02. The SMILES string of the molecule is NC(=O)NC(=O)COC(=O)c1cn(-c2ccccc2)nc1-c1ccccc1. The number of nitrogens with one attached hydrogen (secondary N) is 1. The highest BCUT2D eigenvalue weighted by atomic mass is 16.5. The molecule has 0 saturated heterocycles. The summed E-state index contributed by atoms with van der Waals surface area (Å²) >= 11 is 0. The fraction of sp³-hybridized carbons (Fsp3) is 0.0526. The number of hydrogen-bond acceptors (Lipinski definition) is 5. The molecule has 0 bridgehead atoms. The molecule has 8 heteroatoms. The molecule has 2 aromatic carbocycles. The number of primary amides is 1. The van der Waals surface area contributed by atoms with Gasteiger partial charge in [0.15, 0.2) is 6.61 Å². The highest BCUT2D eigenvalue weighted by Gasteiger charge is 2.21. The van der Waals surface area contributed by atoms with E-state index in [1.807, 2.05) is 66.0 Å². The number of aromatic nitrogens is 2. The van der Waals surface area contributed by atoms with Crippen molar-refractivity contribution in [2.45, 2.75) is 0 Å². The van der Waals surface area contributed by atoms with Gasteiger partial charge in [0.2, 0.25) is 0 Å². The first-order valence-electron chi connectivity index (χ1n) is 8.01. The molecule has 3 amide bonds. The van der Waals surface area contributed by atoms with Crippen LogP contribution in [0, 0.1) is 0 Å². The van der Waals surface area contributed by atoms with Crippen molar-refractivity contribution in [1.29, 1.82) is 0 Å². The van der Waals surface area contributed by atoms with Gasteiger partial charge in [-0.2, -0.15) is 5.10 Å². The van der Waals surface area contributed by atoms with E-state index in [-0.39, 0.29) is 5.56 Å². The van der Waals surface area contributed by atoms with Gasteiger partial charge < -0.3 is 10.5 Å². The molecular formula is C19H16N4O4. The third-order valence-corrected chi connectivity index (χ3v) is 3.60. The van der Waals surface area contributed by atoms with Crippen molar-refractivity contribution in [3.05, 3.63) is 72.4 Å². The molecule has 0 unspecified atom stereocenters.